The lowest BCUT2D eigenvalue weighted by atomic mass is 10.0. The quantitative estimate of drug-likeness (QED) is 0.0518. The molecule has 1 aromatic carbocycles. The Morgan fingerprint density at radius 2 is 1.62 bits per heavy atom. The standard InChI is InChI=1S/C40H61FN5O6P/c1-2-3-4-5-6-7-8-9-10-11-12-13-14-15-16-17-24-48-28-35(49-27-33-25-32(26-42)18-20-36(33)41)30-51-53(47)50-29-34-19-23-39(52-34)37-21-22-38-40(43)44-31-45-46(37)38/h18,20-22,25,31,34-35,39,47H,2-17,19,23-24,27-30H2,1H3,(H2,43,44,45). The number of unbranched alkanes of at least 4 members (excludes halogenated alkanes) is 15. The van der Waals surface area contributed by atoms with Crippen LogP contribution in [0.15, 0.2) is 36.7 Å². The van der Waals surface area contributed by atoms with Crippen molar-refractivity contribution in [3.05, 3.63) is 59.3 Å². The molecule has 1 fully saturated rings. The molecule has 53 heavy (non-hydrogen) atoms. The number of nitriles is 1. The van der Waals surface area contributed by atoms with Gasteiger partial charge in [0.05, 0.1) is 49.9 Å². The number of halogens is 1. The van der Waals surface area contributed by atoms with Crippen LogP contribution in [0.1, 0.15) is 145 Å². The van der Waals surface area contributed by atoms with Crippen molar-refractivity contribution in [1.29, 1.82) is 5.26 Å². The van der Waals surface area contributed by atoms with Crippen LogP contribution in [-0.4, -0.2) is 58.1 Å². The third-order valence-electron chi connectivity index (χ3n) is 9.79. The fourth-order valence-electron chi connectivity index (χ4n) is 6.67. The van der Waals surface area contributed by atoms with E-state index in [4.69, 9.17) is 29.0 Å². The summed E-state index contributed by atoms with van der Waals surface area (Å²) in [7, 11) is -2.22. The van der Waals surface area contributed by atoms with Gasteiger partial charge >= 0.3 is 8.60 Å². The first-order valence-corrected chi connectivity index (χ1v) is 21.0. The summed E-state index contributed by atoms with van der Waals surface area (Å²) in [5, 5.41) is 13.5. The summed E-state index contributed by atoms with van der Waals surface area (Å²) in [6, 6.07) is 9.99. The number of nitrogen functional groups attached to an aromatic ring is 1. The Hall–Kier alpha value is -2.75. The van der Waals surface area contributed by atoms with Crippen molar-refractivity contribution in [2.75, 3.05) is 32.2 Å². The summed E-state index contributed by atoms with van der Waals surface area (Å²) in [4.78, 5) is 14.6. The van der Waals surface area contributed by atoms with Crippen LogP contribution in [0, 0.1) is 17.1 Å². The summed E-state index contributed by atoms with van der Waals surface area (Å²) in [5.74, 6) is -0.0506. The van der Waals surface area contributed by atoms with Gasteiger partial charge in [0.15, 0.2) is 5.82 Å². The first kappa shape index (κ1) is 43.0. The third kappa shape index (κ3) is 15.9. The number of nitrogens with zero attached hydrogens (tertiary/aromatic N) is 4. The molecule has 0 aliphatic carbocycles. The molecule has 2 aromatic heterocycles. The minimum atomic E-state index is -2.22. The van der Waals surface area contributed by atoms with Gasteiger partial charge in [0.25, 0.3) is 0 Å². The monoisotopic (exact) mass is 757 g/mol. The lowest BCUT2D eigenvalue weighted by Gasteiger charge is -2.21. The molecule has 13 heteroatoms. The molecule has 0 radical (unpaired) electrons. The zero-order valence-electron chi connectivity index (χ0n) is 31.6. The van der Waals surface area contributed by atoms with Gasteiger partial charge in [-0.1, -0.05) is 103 Å². The zero-order valence-corrected chi connectivity index (χ0v) is 32.5. The van der Waals surface area contributed by atoms with Crippen molar-refractivity contribution in [3.8, 4) is 6.07 Å². The molecule has 0 spiro atoms. The Labute approximate surface area is 316 Å². The number of benzene rings is 1. The Morgan fingerprint density at radius 1 is 0.943 bits per heavy atom. The largest absolute Gasteiger partial charge is 0.382 e. The summed E-state index contributed by atoms with van der Waals surface area (Å²) in [6.07, 6.45) is 22.9. The average molecular weight is 758 g/mol. The van der Waals surface area contributed by atoms with E-state index in [1.807, 2.05) is 18.2 Å². The molecule has 4 rings (SSSR count). The number of aromatic nitrogens is 3. The molecule has 0 amide bonds. The Bertz CT molecular complexity index is 1490. The molecule has 1 saturated heterocycles. The van der Waals surface area contributed by atoms with E-state index < -0.39 is 20.5 Å². The van der Waals surface area contributed by atoms with Gasteiger partial charge in [-0.2, -0.15) is 10.4 Å². The highest BCUT2D eigenvalue weighted by Crippen LogP contribution is 2.38. The fraction of sp³-hybridized carbons (Fsp3) is 0.675. The number of anilines is 1. The van der Waals surface area contributed by atoms with Crippen LogP contribution < -0.4 is 5.73 Å². The number of hydrogen-bond donors (Lipinski definition) is 2. The van der Waals surface area contributed by atoms with E-state index in [9.17, 15) is 14.5 Å². The second-order valence-electron chi connectivity index (χ2n) is 14.1. The molecule has 0 saturated carbocycles. The molecule has 0 bridgehead atoms. The van der Waals surface area contributed by atoms with Crippen LogP contribution in [0.5, 0.6) is 0 Å². The normalized spacial score (nSPS) is 17.0. The van der Waals surface area contributed by atoms with Crippen molar-refractivity contribution in [3.63, 3.8) is 0 Å². The second kappa shape index (κ2) is 25.4. The second-order valence-corrected chi connectivity index (χ2v) is 15.1. The molecule has 3 aromatic rings. The first-order valence-electron chi connectivity index (χ1n) is 19.8. The Kier molecular flexibility index (Phi) is 20.6. The number of rotatable bonds is 29. The molecule has 1 aliphatic heterocycles. The molecule has 3 heterocycles. The van der Waals surface area contributed by atoms with Crippen LogP contribution >= 0.6 is 8.60 Å². The molecule has 11 nitrogen and oxygen atoms in total. The van der Waals surface area contributed by atoms with Crippen molar-refractivity contribution >= 4 is 19.9 Å². The van der Waals surface area contributed by atoms with Crippen molar-refractivity contribution in [2.24, 2.45) is 0 Å². The van der Waals surface area contributed by atoms with Gasteiger partial charge in [-0.25, -0.2) is 13.9 Å². The highest BCUT2D eigenvalue weighted by molar-refractivity contribution is 7.40. The molecule has 3 N–H and O–H groups in total. The molecular formula is C40H61FN5O6P. The highest BCUT2D eigenvalue weighted by Gasteiger charge is 2.30. The maximum atomic E-state index is 14.4. The molecule has 1 aliphatic rings. The van der Waals surface area contributed by atoms with E-state index >= 15 is 0 Å². The minimum Gasteiger partial charge on any atom is -0.382 e. The lowest BCUT2D eigenvalue weighted by molar-refractivity contribution is -0.0499. The van der Waals surface area contributed by atoms with Crippen molar-refractivity contribution in [2.45, 2.75) is 147 Å². The maximum absolute atomic E-state index is 14.4. The maximum Gasteiger partial charge on any atom is 0.330 e. The number of ether oxygens (including phenoxy) is 3. The van der Waals surface area contributed by atoms with E-state index in [2.05, 4.69) is 17.0 Å². The first-order chi connectivity index (χ1) is 26.0. The van der Waals surface area contributed by atoms with Crippen LogP contribution in [0.2, 0.25) is 0 Å². The summed E-state index contributed by atoms with van der Waals surface area (Å²) < 4.78 is 45.5. The minimum absolute atomic E-state index is 0.00780. The number of fused-ring (bicyclic) bond motifs is 1. The molecular weight excluding hydrogens is 696 g/mol. The van der Waals surface area contributed by atoms with E-state index in [1.165, 1.54) is 114 Å². The molecule has 4 atom stereocenters. The van der Waals surface area contributed by atoms with Crippen LogP contribution in [0.25, 0.3) is 5.52 Å². The number of nitrogens with two attached hydrogens (primary N) is 1. The van der Waals surface area contributed by atoms with Crippen LogP contribution in [0.3, 0.4) is 0 Å². The van der Waals surface area contributed by atoms with Gasteiger partial charge in [-0.3, -0.25) is 0 Å². The summed E-state index contributed by atoms with van der Waals surface area (Å²) in [5.41, 5.74) is 8.20. The van der Waals surface area contributed by atoms with Gasteiger partial charge in [0.1, 0.15) is 29.9 Å². The van der Waals surface area contributed by atoms with E-state index in [1.54, 1.807) is 4.52 Å². The van der Waals surface area contributed by atoms with Gasteiger partial charge in [0, 0.05) is 12.2 Å². The van der Waals surface area contributed by atoms with Crippen molar-refractivity contribution in [1.82, 2.24) is 14.6 Å². The van der Waals surface area contributed by atoms with Gasteiger partial charge < -0.3 is 33.9 Å². The Morgan fingerprint density at radius 3 is 2.30 bits per heavy atom. The summed E-state index contributed by atoms with van der Waals surface area (Å²) >= 11 is 0. The summed E-state index contributed by atoms with van der Waals surface area (Å²) in [6.45, 7) is 3.15. The SMILES string of the molecule is CCCCCCCCCCCCCCCCCCOCC(COP(O)OCC1CCC(c2ccc3c(N)ncnn23)O1)OCc1cc(C#N)ccc1F. The third-order valence-corrected chi connectivity index (χ3v) is 10.5. The van der Waals surface area contributed by atoms with E-state index in [-0.39, 0.29) is 44.2 Å². The van der Waals surface area contributed by atoms with Gasteiger partial charge in [-0.05, 0) is 49.6 Å². The lowest BCUT2D eigenvalue weighted by Crippen LogP contribution is -2.26. The zero-order chi connectivity index (χ0) is 37.5. The highest BCUT2D eigenvalue weighted by atomic mass is 31.2. The van der Waals surface area contributed by atoms with Crippen LogP contribution in [0.4, 0.5) is 10.2 Å². The topological polar surface area (TPSA) is 146 Å². The fourth-order valence-corrected chi connectivity index (χ4v) is 7.33. The van der Waals surface area contributed by atoms with E-state index in [0.29, 0.717) is 18.0 Å². The number of hydrogen-bond acceptors (Lipinski definition) is 10. The predicted octanol–water partition coefficient (Wildman–Crippen LogP) is 9.66. The van der Waals surface area contributed by atoms with Gasteiger partial charge in [-0.15, -0.1) is 0 Å². The van der Waals surface area contributed by atoms with E-state index in [0.717, 1.165) is 36.9 Å². The smallest absolute Gasteiger partial charge is 0.330 e. The average Bonchev–Trinajstić information content (AvgIpc) is 3.83. The molecule has 4 unspecified atom stereocenters. The van der Waals surface area contributed by atoms with Crippen LogP contribution in [-0.2, 0) is 29.9 Å². The molecule has 294 valence electrons. The Balaban J connectivity index is 1.09. The predicted molar refractivity (Wildman–Crippen MR) is 205 cm³/mol. The van der Waals surface area contributed by atoms with Gasteiger partial charge in [0.2, 0.25) is 0 Å². The van der Waals surface area contributed by atoms with Crippen molar-refractivity contribution < 1.29 is 32.5 Å².